The van der Waals surface area contributed by atoms with Gasteiger partial charge in [0.25, 0.3) is 0 Å². The van der Waals surface area contributed by atoms with Crippen LogP contribution in [0, 0.1) is 0 Å². The molecule has 0 unspecified atom stereocenters. The number of likely N-dealkylation sites (N-methyl/N-ethyl adjacent to an activating group) is 1. The second-order valence-corrected chi connectivity index (χ2v) is 6.59. The Hall–Kier alpha value is -3.22. The molecule has 1 fully saturated rings. The maximum absolute atomic E-state index is 12.6. The number of nitrogens with one attached hydrogen (secondary N) is 1. The molecule has 0 radical (unpaired) electrons. The quantitative estimate of drug-likeness (QED) is 0.699. The van der Waals surface area contributed by atoms with E-state index in [4.69, 9.17) is 0 Å². The SMILES string of the molecule is CCN(C(=O)CNc1cccc(-c2nnnn2C2CC2)c1)c1ccccc1. The first-order valence-electron chi connectivity index (χ1n) is 9.24. The van der Waals surface area contributed by atoms with Gasteiger partial charge in [-0.2, -0.15) is 0 Å². The minimum atomic E-state index is 0.0249. The second-order valence-electron chi connectivity index (χ2n) is 6.59. The van der Waals surface area contributed by atoms with Crippen molar-refractivity contribution in [2.45, 2.75) is 25.8 Å². The molecule has 0 atom stereocenters. The largest absolute Gasteiger partial charge is 0.376 e. The van der Waals surface area contributed by atoms with Crippen molar-refractivity contribution in [1.29, 1.82) is 0 Å². The fourth-order valence-electron chi connectivity index (χ4n) is 3.10. The zero-order valence-corrected chi connectivity index (χ0v) is 15.2. The third kappa shape index (κ3) is 3.81. The Morgan fingerprint density at radius 2 is 2.00 bits per heavy atom. The van der Waals surface area contributed by atoms with Crippen LogP contribution in [0.5, 0.6) is 0 Å². The molecule has 1 aliphatic carbocycles. The topological polar surface area (TPSA) is 75.9 Å². The Balaban J connectivity index is 1.45. The molecule has 1 saturated carbocycles. The number of carbonyl (C=O) groups excluding carboxylic acids is 1. The molecular weight excluding hydrogens is 340 g/mol. The van der Waals surface area contributed by atoms with Crippen molar-refractivity contribution in [3.05, 3.63) is 54.6 Å². The van der Waals surface area contributed by atoms with E-state index in [2.05, 4.69) is 20.8 Å². The van der Waals surface area contributed by atoms with Gasteiger partial charge in [0.05, 0.1) is 12.6 Å². The lowest BCUT2D eigenvalue weighted by Crippen LogP contribution is -2.35. The molecule has 27 heavy (non-hydrogen) atoms. The van der Waals surface area contributed by atoms with Crippen LogP contribution in [0.1, 0.15) is 25.8 Å². The predicted octanol–water partition coefficient (Wildman–Crippen LogP) is 3.14. The molecule has 4 rings (SSSR count). The van der Waals surface area contributed by atoms with Gasteiger partial charge in [-0.25, -0.2) is 4.68 Å². The number of carbonyl (C=O) groups is 1. The number of benzene rings is 2. The molecule has 1 aliphatic rings. The van der Waals surface area contributed by atoms with E-state index in [0.29, 0.717) is 12.6 Å². The van der Waals surface area contributed by atoms with Crippen molar-refractivity contribution in [1.82, 2.24) is 20.2 Å². The highest BCUT2D eigenvalue weighted by Gasteiger charge is 2.28. The van der Waals surface area contributed by atoms with E-state index in [0.717, 1.165) is 35.6 Å². The summed E-state index contributed by atoms with van der Waals surface area (Å²) in [5, 5.41) is 15.3. The van der Waals surface area contributed by atoms with Crippen LogP contribution in [0.25, 0.3) is 11.4 Å². The van der Waals surface area contributed by atoms with Crippen molar-refractivity contribution in [2.75, 3.05) is 23.3 Å². The van der Waals surface area contributed by atoms with E-state index in [1.54, 1.807) is 4.90 Å². The number of hydrogen-bond acceptors (Lipinski definition) is 5. The Kier molecular flexibility index (Phi) is 4.82. The van der Waals surface area contributed by atoms with Gasteiger partial charge in [-0.1, -0.05) is 30.3 Å². The van der Waals surface area contributed by atoms with Crippen LogP contribution in [-0.2, 0) is 4.79 Å². The molecule has 0 aliphatic heterocycles. The number of tetrazole rings is 1. The molecule has 138 valence electrons. The Labute approximate surface area is 158 Å². The number of aromatic nitrogens is 4. The molecule has 2 aromatic carbocycles. The van der Waals surface area contributed by atoms with Gasteiger partial charge in [-0.15, -0.1) is 5.10 Å². The summed E-state index contributed by atoms with van der Waals surface area (Å²) in [6.07, 6.45) is 2.24. The highest BCUT2D eigenvalue weighted by atomic mass is 16.2. The van der Waals surface area contributed by atoms with E-state index < -0.39 is 0 Å². The van der Waals surface area contributed by atoms with Crippen LogP contribution in [-0.4, -0.2) is 39.2 Å². The van der Waals surface area contributed by atoms with Crippen molar-refractivity contribution in [2.24, 2.45) is 0 Å². The Morgan fingerprint density at radius 1 is 1.19 bits per heavy atom. The van der Waals surface area contributed by atoms with Gasteiger partial charge in [0.2, 0.25) is 5.91 Å². The summed E-state index contributed by atoms with van der Waals surface area (Å²) < 4.78 is 1.89. The van der Waals surface area contributed by atoms with Gasteiger partial charge in [0.15, 0.2) is 5.82 Å². The average molecular weight is 362 g/mol. The highest BCUT2D eigenvalue weighted by Crippen LogP contribution is 2.36. The first kappa shape index (κ1) is 17.2. The summed E-state index contributed by atoms with van der Waals surface area (Å²) in [5.41, 5.74) is 2.72. The Bertz CT molecular complexity index is 919. The van der Waals surface area contributed by atoms with Crippen LogP contribution >= 0.6 is 0 Å². The summed E-state index contributed by atoms with van der Waals surface area (Å²) in [7, 11) is 0. The third-order valence-corrected chi connectivity index (χ3v) is 4.64. The fourth-order valence-corrected chi connectivity index (χ4v) is 3.10. The molecule has 0 saturated heterocycles. The van der Waals surface area contributed by atoms with Crippen molar-refractivity contribution in [3.63, 3.8) is 0 Å². The lowest BCUT2D eigenvalue weighted by molar-refractivity contribution is -0.116. The zero-order chi connectivity index (χ0) is 18.6. The van der Waals surface area contributed by atoms with Crippen molar-refractivity contribution in [3.8, 4) is 11.4 Å². The smallest absolute Gasteiger partial charge is 0.246 e. The highest BCUT2D eigenvalue weighted by molar-refractivity contribution is 5.96. The second kappa shape index (κ2) is 7.57. The molecule has 0 spiro atoms. The average Bonchev–Trinajstić information content (AvgIpc) is 3.44. The monoisotopic (exact) mass is 362 g/mol. The summed E-state index contributed by atoms with van der Waals surface area (Å²) in [6, 6.07) is 18.0. The van der Waals surface area contributed by atoms with Crippen LogP contribution in [0.15, 0.2) is 54.6 Å². The number of anilines is 2. The summed E-state index contributed by atoms with van der Waals surface area (Å²) in [5.74, 6) is 0.795. The summed E-state index contributed by atoms with van der Waals surface area (Å²) in [4.78, 5) is 14.4. The lowest BCUT2D eigenvalue weighted by Gasteiger charge is -2.21. The molecule has 7 nitrogen and oxygen atoms in total. The molecule has 1 heterocycles. The van der Waals surface area contributed by atoms with Gasteiger partial charge < -0.3 is 10.2 Å². The minimum Gasteiger partial charge on any atom is -0.376 e. The predicted molar refractivity (Wildman–Crippen MR) is 104 cm³/mol. The van der Waals surface area contributed by atoms with Crippen molar-refractivity contribution < 1.29 is 4.79 Å². The summed E-state index contributed by atoms with van der Waals surface area (Å²) >= 11 is 0. The van der Waals surface area contributed by atoms with E-state index in [9.17, 15) is 4.79 Å². The molecule has 3 aromatic rings. The fraction of sp³-hybridized carbons (Fsp3) is 0.300. The minimum absolute atomic E-state index is 0.0249. The number of nitrogens with zero attached hydrogens (tertiary/aromatic N) is 5. The van der Waals surface area contributed by atoms with E-state index in [-0.39, 0.29) is 12.5 Å². The van der Waals surface area contributed by atoms with Gasteiger partial charge >= 0.3 is 0 Å². The van der Waals surface area contributed by atoms with Gasteiger partial charge in [0.1, 0.15) is 0 Å². The molecule has 1 N–H and O–H groups in total. The summed E-state index contributed by atoms with van der Waals surface area (Å²) in [6.45, 7) is 2.82. The standard InChI is InChI=1S/C20H22N6O/c1-2-25(17-9-4-3-5-10-17)19(27)14-21-16-8-6-7-15(13-16)20-22-23-24-26(20)18-11-12-18/h3-10,13,18,21H,2,11-12,14H2,1H3. The van der Waals surface area contributed by atoms with Crippen LogP contribution < -0.4 is 10.2 Å². The molecule has 1 amide bonds. The number of rotatable bonds is 7. The van der Waals surface area contributed by atoms with Gasteiger partial charge in [-0.05, 0) is 54.5 Å². The molecule has 7 heteroatoms. The van der Waals surface area contributed by atoms with Gasteiger partial charge in [0, 0.05) is 23.5 Å². The maximum Gasteiger partial charge on any atom is 0.246 e. The van der Waals surface area contributed by atoms with Crippen molar-refractivity contribution >= 4 is 17.3 Å². The lowest BCUT2D eigenvalue weighted by atomic mass is 10.2. The van der Waals surface area contributed by atoms with E-state index in [1.807, 2.05) is 66.2 Å². The van der Waals surface area contributed by atoms with Crippen LogP contribution in [0.4, 0.5) is 11.4 Å². The zero-order valence-electron chi connectivity index (χ0n) is 15.2. The first-order valence-corrected chi connectivity index (χ1v) is 9.24. The molecule has 0 bridgehead atoms. The van der Waals surface area contributed by atoms with E-state index >= 15 is 0 Å². The molecular formula is C20H22N6O. The molecule has 1 aromatic heterocycles. The maximum atomic E-state index is 12.6. The number of para-hydroxylation sites is 1. The normalized spacial score (nSPS) is 13.4. The van der Waals surface area contributed by atoms with Crippen LogP contribution in [0.2, 0.25) is 0 Å². The Morgan fingerprint density at radius 3 is 2.74 bits per heavy atom. The first-order chi connectivity index (χ1) is 13.3. The number of hydrogen-bond donors (Lipinski definition) is 1. The van der Waals surface area contributed by atoms with Crippen LogP contribution in [0.3, 0.4) is 0 Å². The third-order valence-electron chi connectivity index (χ3n) is 4.64. The van der Waals surface area contributed by atoms with E-state index in [1.165, 1.54) is 0 Å². The van der Waals surface area contributed by atoms with Gasteiger partial charge in [-0.3, -0.25) is 4.79 Å². The number of amides is 1.